The van der Waals surface area contributed by atoms with Crippen LogP contribution < -0.4 is 5.01 Å². The molecule has 3 rings (SSSR count). The third-order valence-electron chi connectivity index (χ3n) is 2.73. The molecule has 0 radical (unpaired) electrons. The van der Waals surface area contributed by atoms with Gasteiger partial charge in [-0.25, -0.2) is 4.99 Å². The Hall–Kier alpha value is -2.20. The maximum atomic E-state index is 11.2. The van der Waals surface area contributed by atoms with E-state index >= 15 is 0 Å². The third kappa shape index (κ3) is 1.89. The smallest absolute Gasteiger partial charge is 0.248 e. The van der Waals surface area contributed by atoms with Crippen LogP contribution in [0.3, 0.4) is 0 Å². The lowest BCUT2D eigenvalue weighted by Crippen LogP contribution is -2.35. The molecule has 2 heterocycles. The first-order chi connectivity index (χ1) is 9.76. The Kier molecular flexibility index (Phi) is 3.24. The number of nitrogens with zero attached hydrogens (tertiary/aromatic N) is 7. The van der Waals surface area contributed by atoms with Crippen LogP contribution >= 0.6 is 23.3 Å². The van der Waals surface area contributed by atoms with Crippen LogP contribution in [0.2, 0.25) is 5.02 Å². The first-order valence-electron chi connectivity index (χ1n) is 5.45. The highest BCUT2D eigenvalue weighted by Crippen LogP contribution is 2.34. The van der Waals surface area contributed by atoms with Crippen LogP contribution in [-0.2, 0) is 0 Å². The first-order valence-corrected chi connectivity index (χ1v) is 6.56. The van der Waals surface area contributed by atoms with E-state index in [9.17, 15) is 9.81 Å². The Morgan fingerprint density at radius 2 is 2.20 bits per heavy atom. The average molecular weight is 312 g/mol. The van der Waals surface area contributed by atoms with Gasteiger partial charge in [0.2, 0.25) is 5.96 Å². The SMILES string of the molecule is O=NN1CCN=C1N(N=O)c1c(Cl)ccc2nsnc12. The molecule has 0 N–H and O–H groups in total. The molecule has 0 atom stereocenters. The number of halogens is 1. The summed E-state index contributed by atoms with van der Waals surface area (Å²) >= 11 is 7.10. The van der Waals surface area contributed by atoms with Crippen molar-refractivity contribution in [2.45, 2.75) is 0 Å². The van der Waals surface area contributed by atoms with E-state index in [-0.39, 0.29) is 23.2 Å². The minimum atomic E-state index is 0.0254. The molecule has 0 bridgehead atoms. The summed E-state index contributed by atoms with van der Waals surface area (Å²) < 4.78 is 8.16. The predicted octanol–water partition coefficient (Wildman–Crippen LogP) is 2.19. The fourth-order valence-corrected chi connectivity index (χ4v) is 2.64. The van der Waals surface area contributed by atoms with Gasteiger partial charge in [-0.2, -0.15) is 18.8 Å². The van der Waals surface area contributed by atoms with Gasteiger partial charge in [0.1, 0.15) is 16.7 Å². The minimum absolute atomic E-state index is 0.0254. The van der Waals surface area contributed by atoms with E-state index in [1.165, 1.54) is 0 Å². The van der Waals surface area contributed by atoms with Gasteiger partial charge in [-0.3, -0.25) is 0 Å². The number of hydrogen-bond acceptors (Lipinski definition) is 8. The highest BCUT2D eigenvalue weighted by atomic mass is 35.5. The standard InChI is InChI=1S/C9H6ClN7O2S/c10-5-1-2-6-7(13-20-12-6)8(5)17(15-19)9-11-3-4-16(9)14-18/h1-2H,3-4H2. The second-order valence-corrected chi connectivity index (χ2v) is 4.74. The average Bonchev–Trinajstić information content (AvgIpc) is 3.10. The first kappa shape index (κ1) is 12.8. The molecule has 0 unspecified atom stereocenters. The van der Waals surface area contributed by atoms with Crippen LogP contribution in [0.25, 0.3) is 11.0 Å². The largest absolute Gasteiger partial charge is 0.248 e. The molecule has 9 nitrogen and oxygen atoms in total. The molecular weight excluding hydrogens is 306 g/mol. The molecule has 0 saturated carbocycles. The van der Waals surface area contributed by atoms with Gasteiger partial charge in [0.15, 0.2) is 0 Å². The Balaban J connectivity index is 2.17. The van der Waals surface area contributed by atoms with E-state index in [0.717, 1.165) is 21.7 Å². The lowest BCUT2D eigenvalue weighted by Gasteiger charge is -2.19. The summed E-state index contributed by atoms with van der Waals surface area (Å²) in [5.74, 6) is 0.0254. The summed E-state index contributed by atoms with van der Waals surface area (Å²) in [6, 6.07) is 3.26. The van der Waals surface area contributed by atoms with E-state index in [4.69, 9.17) is 11.6 Å². The highest BCUT2D eigenvalue weighted by molar-refractivity contribution is 7.00. The second kappa shape index (κ2) is 5.06. The fraction of sp³-hybridized carbons (Fsp3) is 0.222. The summed E-state index contributed by atoms with van der Waals surface area (Å²) in [7, 11) is 0. The molecule has 0 aliphatic carbocycles. The molecule has 0 saturated heterocycles. The van der Waals surface area contributed by atoms with Crippen molar-refractivity contribution in [2.75, 3.05) is 18.1 Å². The van der Waals surface area contributed by atoms with Crippen molar-refractivity contribution in [3.63, 3.8) is 0 Å². The van der Waals surface area contributed by atoms with E-state index in [1.54, 1.807) is 12.1 Å². The van der Waals surface area contributed by atoms with Gasteiger partial charge in [0, 0.05) is 0 Å². The zero-order chi connectivity index (χ0) is 14.1. The maximum Gasteiger partial charge on any atom is 0.248 e. The highest BCUT2D eigenvalue weighted by Gasteiger charge is 2.29. The van der Waals surface area contributed by atoms with Crippen molar-refractivity contribution < 1.29 is 0 Å². The number of fused-ring (bicyclic) bond motifs is 1. The van der Waals surface area contributed by atoms with Crippen molar-refractivity contribution in [2.24, 2.45) is 15.6 Å². The molecule has 0 spiro atoms. The number of rotatable bonds is 3. The lowest BCUT2D eigenvalue weighted by atomic mass is 10.2. The van der Waals surface area contributed by atoms with Gasteiger partial charge in [-0.05, 0) is 12.1 Å². The van der Waals surface area contributed by atoms with Crippen LogP contribution in [0.15, 0.2) is 27.7 Å². The minimum Gasteiger partial charge on any atom is -0.248 e. The van der Waals surface area contributed by atoms with E-state index in [2.05, 4.69) is 24.3 Å². The van der Waals surface area contributed by atoms with Crippen LogP contribution in [0.4, 0.5) is 5.69 Å². The Morgan fingerprint density at radius 3 is 2.95 bits per heavy atom. The van der Waals surface area contributed by atoms with Gasteiger partial charge in [-0.1, -0.05) is 11.6 Å². The Morgan fingerprint density at radius 1 is 1.35 bits per heavy atom. The van der Waals surface area contributed by atoms with E-state index in [0.29, 0.717) is 17.6 Å². The van der Waals surface area contributed by atoms with Crippen molar-refractivity contribution in [1.82, 2.24) is 13.8 Å². The monoisotopic (exact) mass is 311 g/mol. The molecule has 1 aromatic heterocycles. The van der Waals surface area contributed by atoms with Gasteiger partial charge >= 0.3 is 0 Å². The van der Waals surface area contributed by atoms with Crippen molar-refractivity contribution in [3.05, 3.63) is 27.0 Å². The number of anilines is 1. The number of benzene rings is 1. The number of guanidine groups is 1. The number of hydrogen-bond donors (Lipinski definition) is 0. The van der Waals surface area contributed by atoms with Crippen LogP contribution in [0.5, 0.6) is 0 Å². The summed E-state index contributed by atoms with van der Waals surface area (Å²) in [5.41, 5.74) is 1.23. The summed E-state index contributed by atoms with van der Waals surface area (Å²) in [6.45, 7) is 0.629. The fourth-order valence-electron chi connectivity index (χ4n) is 1.87. The second-order valence-electron chi connectivity index (χ2n) is 3.81. The topological polar surface area (TPSA) is 103 Å². The molecule has 11 heteroatoms. The molecule has 20 heavy (non-hydrogen) atoms. The molecule has 102 valence electrons. The summed E-state index contributed by atoms with van der Waals surface area (Å²) in [5, 5.41) is 7.90. The number of aliphatic imine (C=N–C) groups is 1. The van der Waals surface area contributed by atoms with E-state index in [1.807, 2.05) is 0 Å². The van der Waals surface area contributed by atoms with Gasteiger partial charge in [0.25, 0.3) is 0 Å². The van der Waals surface area contributed by atoms with Gasteiger partial charge in [0.05, 0.1) is 40.4 Å². The lowest BCUT2D eigenvalue weighted by molar-refractivity contribution is 0.474. The summed E-state index contributed by atoms with van der Waals surface area (Å²) in [4.78, 5) is 26.0. The summed E-state index contributed by atoms with van der Waals surface area (Å²) in [6.07, 6.45) is 0. The van der Waals surface area contributed by atoms with E-state index < -0.39 is 0 Å². The van der Waals surface area contributed by atoms with Crippen molar-refractivity contribution >= 4 is 46.0 Å². The molecular formula is C9H6ClN7O2S. The quantitative estimate of drug-likeness (QED) is 0.635. The van der Waals surface area contributed by atoms with Crippen LogP contribution in [0.1, 0.15) is 0 Å². The number of nitroso groups, excluding NO2 is 2. The van der Waals surface area contributed by atoms with Gasteiger partial charge < -0.3 is 0 Å². The Bertz CT molecular complexity index is 717. The van der Waals surface area contributed by atoms with Crippen LogP contribution in [0, 0.1) is 9.81 Å². The molecule has 0 amide bonds. The molecule has 0 fully saturated rings. The van der Waals surface area contributed by atoms with Crippen LogP contribution in [-0.4, -0.2) is 32.8 Å². The molecule has 1 aliphatic heterocycles. The molecule has 1 aliphatic rings. The van der Waals surface area contributed by atoms with Gasteiger partial charge in [-0.15, -0.1) is 9.81 Å². The maximum absolute atomic E-state index is 11.2. The zero-order valence-electron chi connectivity index (χ0n) is 9.80. The molecule has 1 aromatic carbocycles. The Labute approximate surface area is 121 Å². The normalized spacial score (nSPS) is 14.4. The third-order valence-corrected chi connectivity index (χ3v) is 3.58. The predicted molar refractivity (Wildman–Crippen MR) is 75.5 cm³/mol. The van der Waals surface area contributed by atoms with Crippen molar-refractivity contribution in [1.29, 1.82) is 0 Å². The zero-order valence-corrected chi connectivity index (χ0v) is 11.4. The number of aromatic nitrogens is 2. The molecule has 2 aromatic rings. The van der Waals surface area contributed by atoms with Crippen molar-refractivity contribution in [3.8, 4) is 0 Å².